The largest absolute Gasteiger partial charge is 0.497 e. The lowest BCUT2D eigenvalue weighted by atomic mass is 10.2. The molecule has 0 bridgehead atoms. The van der Waals surface area contributed by atoms with Gasteiger partial charge in [-0.2, -0.15) is 0 Å². The molecule has 32 heavy (non-hydrogen) atoms. The standard InChI is InChI=1S/C23H25N3O5S/c1-3-4-15-24-23(27)17-5-8-20(9-6-17)31-22-14-7-18(16-25-22)26-32(28,29)21-12-10-19(30-2)11-13-21/h5-14,16,26H,3-4,15H2,1-2H3,(H,24,27). The van der Waals surface area contributed by atoms with E-state index in [0.29, 0.717) is 29.3 Å². The quantitative estimate of drug-likeness (QED) is 0.444. The number of unbranched alkanes of at least 4 members (excludes halogenated alkanes) is 1. The van der Waals surface area contributed by atoms with Gasteiger partial charge in [0.1, 0.15) is 11.5 Å². The maximum absolute atomic E-state index is 12.5. The van der Waals surface area contributed by atoms with Gasteiger partial charge < -0.3 is 14.8 Å². The molecule has 168 valence electrons. The van der Waals surface area contributed by atoms with Crippen molar-refractivity contribution in [3.8, 4) is 17.4 Å². The fourth-order valence-electron chi connectivity index (χ4n) is 2.75. The molecular weight excluding hydrogens is 430 g/mol. The van der Waals surface area contributed by atoms with Crippen LogP contribution in [0, 0.1) is 0 Å². The number of nitrogens with zero attached hydrogens (tertiary/aromatic N) is 1. The van der Waals surface area contributed by atoms with E-state index in [9.17, 15) is 13.2 Å². The van der Waals surface area contributed by atoms with Crippen LogP contribution < -0.4 is 19.5 Å². The summed E-state index contributed by atoms with van der Waals surface area (Å²) in [5.74, 6) is 1.24. The summed E-state index contributed by atoms with van der Waals surface area (Å²) < 4.78 is 38.2. The molecule has 0 saturated heterocycles. The first-order chi connectivity index (χ1) is 15.4. The average molecular weight is 456 g/mol. The summed E-state index contributed by atoms with van der Waals surface area (Å²) in [6.45, 7) is 2.71. The lowest BCUT2D eigenvalue weighted by Gasteiger charge is -2.10. The zero-order chi connectivity index (χ0) is 23.0. The van der Waals surface area contributed by atoms with E-state index in [1.807, 2.05) is 0 Å². The lowest BCUT2D eigenvalue weighted by Crippen LogP contribution is -2.24. The van der Waals surface area contributed by atoms with Crippen LogP contribution in [0.4, 0.5) is 5.69 Å². The van der Waals surface area contributed by atoms with Crippen LogP contribution in [0.25, 0.3) is 0 Å². The Morgan fingerprint density at radius 2 is 1.66 bits per heavy atom. The number of sulfonamides is 1. The van der Waals surface area contributed by atoms with Crippen molar-refractivity contribution < 1.29 is 22.7 Å². The van der Waals surface area contributed by atoms with Crippen molar-refractivity contribution in [2.45, 2.75) is 24.7 Å². The van der Waals surface area contributed by atoms with Gasteiger partial charge in [0.05, 0.1) is 23.9 Å². The molecule has 9 heteroatoms. The summed E-state index contributed by atoms with van der Waals surface area (Å²) in [7, 11) is -2.25. The van der Waals surface area contributed by atoms with E-state index in [4.69, 9.17) is 9.47 Å². The van der Waals surface area contributed by atoms with Gasteiger partial charge >= 0.3 is 0 Å². The third-order valence-electron chi connectivity index (χ3n) is 4.51. The number of rotatable bonds is 10. The fourth-order valence-corrected chi connectivity index (χ4v) is 3.79. The van der Waals surface area contributed by atoms with Crippen molar-refractivity contribution in [3.63, 3.8) is 0 Å². The van der Waals surface area contributed by atoms with Crippen LogP contribution in [-0.2, 0) is 10.0 Å². The number of carbonyl (C=O) groups excluding carboxylic acids is 1. The third kappa shape index (κ3) is 6.21. The van der Waals surface area contributed by atoms with Crippen molar-refractivity contribution in [2.75, 3.05) is 18.4 Å². The summed E-state index contributed by atoms with van der Waals surface area (Å²) in [4.78, 5) is 16.3. The van der Waals surface area contributed by atoms with Crippen LogP contribution in [0.1, 0.15) is 30.1 Å². The second-order valence-electron chi connectivity index (χ2n) is 6.90. The Morgan fingerprint density at radius 1 is 0.969 bits per heavy atom. The summed E-state index contributed by atoms with van der Waals surface area (Å²) >= 11 is 0. The summed E-state index contributed by atoms with van der Waals surface area (Å²) in [6, 6.07) is 15.9. The molecule has 0 unspecified atom stereocenters. The monoisotopic (exact) mass is 455 g/mol. The second kappa shape index (κ2) is 10.6. The number of anilines is 1. The molecule has 0 saturated carbocycles. The molecule has 0 aliphatic rings. The normalized spacial score (nSPS) is 10.9. The Hall–Kier alpha value is -3.59. The fraction of sp³-hybridized carbons (Fsp3) is 0.217. The van der Waals surface area contributed by atoms with E-state index in [0.717, 1.165) is 12.8 Å². The molecule has 3 rings (SSSR count). The van der Waals surface area contributed by atoms with Gasteiger partial charge in [0, 0.05) is 18.2 Å². The zero-order valence-electron chi connectivity index (χ0n) is 17.9. The second-order valence-corrected chi connectivity index (χ2v) is 8.58. The third-order valence-corrected chi connectivity index (χ3v) is 5.91. The SMILES string of the molecule is CCCCNC(=O)c1ccc(Oc2ccc(NS(=O)(=O)c3ccc(OC)cc3)cn2)cc1. The van der Waals surface area contributed by atoms with Crippen LogP contribution in [-0.4, -0.2) is 33.0 Å². The summed E-state index contributed by atoms with van der Waals surface area (Å²) in [5.41, 5.74) is 0.844. The van der Waals surface area contributed by atoms with E-state index in [1.54, 1.807) is 48.5 Å². The zero-order valence-corrected chi connectivity index (χ0v) is 18.7. The predicted octanol–water partition coefficient (Wildman–Crippen LogP) is 4.21. The van der Waals surface area contributed by atoms with E-state index in [2.05, 4.69) is 21.9 Å². The Kier molecular flexibility index (Phi) is 7.67. The van der Waals surface area contributed by atoms with Gasteiger partial charge in [0.2, 0.25) is 5.88 Å². The van der Waals surface area contributed by atoms with E-state index >= 15 is 0 Å². The van der Waals surface area contributed by atoms with Crippen molar-refractivity contribution in [2.24, 2.45) is 0 Å². The first-order valence-electron chi connectivity index (χ1n) is 10.1. The van der Waals surface area contributed by atoms with Crippen LogP contribution in [0.2, 0.25) is 0 Å². The van der Waals surface area contributed by atoms with Gasteiger partial charge in [-0.3, -0.25) is 9.52 Å². The Morgan fingerprint density at radius 3 is 2.25 bits per heavy atom. The number of benzene rings is 2. The number of carbonyl (C=O) groups is 1. The molecular formula is C23H25N3O5S. The maximum atomic E-state index is 12.5. The van der Waals surface area contributed by atoms with Crippen LogP contribution >= 0.6 is 0 Å². The molecule has 1 aromatic heterocycles. The van der Waals surface area contributed by atoms with Crippen molar-refractivity contribution in [3.05, 3.63) is 72.4 Å². The predicted molar refractivity (Wildman–Crippen MR) is 122 cm³/mol. The highest BCUT2D eigenvalue weighted by Crippen LogP contribution is 2.23. The topological polar surface area (TPSA) is 107 Å². The molecule has 1 heterocycles. The average Bonchev–Trinajstić information content (AvgIpc) is 2.81. The Bertz CT molecular complexity index is 1130. The van der Waals surface area contributed by atoms with Crippen molar-refractivity contribution in [1.82, 2.24) is 10.3 Å². The Balaban J connectivity index is 1.60. The molecule has 1 amide bonds. The van der Waals surface area contributed by atoms with Crippen LogP contribution in [0.5, 0.6) is 17.4 Å². The van der Waals surface area contributed by atoms with E-state index in [-0.39, 0.29) is 16.7 Å². The molecule has 2 N–H and O–H groups in total. The highest BCUT2D eigenvalue weighted by atomic mass is 32.2. The highest BCUT2D eigenvalue weighted by Gasteiger charge is 2.14. The minimum absolute atomic E-state index is 0.109. The van der Waals surface area contributed by atoms with Crippen molar-refractivity contribution in [1.29, 1.82) is 0 Å². The molecule has 0 fully saturated rings. The minimum atomic E-state index is -3.76. The van der Waals surface area contributed by atoms with Gasteiger partial charge in [-0.1, -0.05) is 13.3 Å². The number of ether oxygens (including phenoxy) is 2. The van der Waals surface area contributed by atoms with Crippen LogP contribution in [0.15, 0.2) is 71.8 Å². The number of pyridine rings is 1. The molecule has 3 aromatic rings. The van der Waals surface area contributed by atoms with Crippen LogP contribution in [0.3, 0.4) is 0 Å². The number of methoxy groups -OCH3 is 1. The lowest BCUT2D eigenvalue weighted by molar-refractivity contribution is 0.0953. The number of aromatic nitrogens is 1. The van der Waals surface area contributed by atoms with Gasteiger partial charge in [0.25, 0.3) is 15.9 Å². The number of amides is 1. The van der Waals surface area contributed by atoms with Gasteiger partial charge in [-0.05, 0) is 61.0 Å². The maximum Gasteiger partial charge on any atom is 0.261 e. The Labute approximate surface area is 187 Å². The molecule has 2 aromatic carbocycles. The smallest absolute Gasteiger partial charge is 0.261 e. The first-order valence-corrected chi connectivity index (χ1v) is 11.6. The number of hydrogen-bond acceptors (Lipinski definition) is 6. The molecule has 0 aliphatic heterocycles. The van der Waals surface area contributed by atoms with Gasteiger partial charge in [0.15, 0.2) is 0 Å². The van der Waals surface area contributed by atoms with Crippen molar-refractivity contribution >= 4 is 21.6 Å². The summed E-state index contributed by atoms with van der Waals surface area (Å²) in [6.07, 6.45) is 3.32. The minimum Gasteiger partial charge on any atom is -0.497 e. The molecule has 0 radical (unpaired) electrons. The first kappa shape index (κ1) is 23.1. The summed E-state index contributed by atoms with van der Waals surface area (Å²) in [5, 5.41) is 2.86. The van der Waals surface area contributed by atoms with E-state index in [1.165, 1.54) is 25.4 Å². The molecule has 0 atom stereocenters. The number of nitrogens with one attached hydrogen (secondary N) is 2. The van der Waals surface area contributed by atoms with Gasteiger partial charge in [-0.15, -0.1) is 0 Å². The van der Waals surface area contributed by atoms with Gasteiger partial charge in [-0.25, -0.2) is 13.4 Å². The highest BCUT2D eigenvalue weighted by molar-refractivity contribution is 7.92. The molecule has 0 spiro atoms. The number of hydrogen-bond donors (Lipinski definition) is 2. The van der Waals surface area contributed by atoms with E-state index < -0.39 is 10.0 Å². The molecule has 0 aliphatic carbocycles. The molecule has 8 nitrogen and oxygen atoms in total.